The van der Waals surface area contributed by atoms with Gasteiger partial charge in [0, 0.05) is 12.7 Å². The minimum Gasteiger partial charge on any atom is -0.465 e. The van der Waals surface area contributed by atoms with Crippen molar-refractivity contribution in [3.8, 4) is 0 Å². The Bertz CT molecular complexity index is 718. The molecule has 2 aromatic rings. The Balaban J connectivity index is 1.98. The second-order valence-corrected chi connectivity index (χ2v) is 6.68. The molecular formula is C14H16N4O3S2. The number of methoxy groups -OCH3 is 1. The molecule has 0 aliphatic rings. The van der Waals surface area contributed by atoms with Crippen LogP contribution < -0.4 is 10.6 Å². The van der Waals surface area contributed by atoms with Crippen LogP contribution in [-0.2, 0) is 9.53 Å². The van der Waals surface area contributed by atoms with Crippen molar-refractivity contribution in [1.29, 1.82) is 0 Å². The Morgan fingerprint density at radius 2 is 2.13 bits per heavy atom. The molecule has 1 aromatic carbocycles. The number of ether oxygens (including phenoxy) is 1. The van der Waals surface area contributed by atoms with E-state index in [1.54, 1.807) is 25.2 Å². The average Bonchev–Trinajstić information content (AvgIpc) is 3.02. The van der Waals surface area contributed by atoms with E-state index in [4.69, 9.17) is 0 Å². The lowest BCUT2D eigenvalue weighted by molar-refractivity contribution is -0.113. The number of aryl methyl sites for hydroxylation is 1. The molecule has 122 valence electrons. The Morgan fingerprint density at radius 1 is 1.35 bits per heavy atom. The molecule has 1 heterocycles. The first-order valence-electron chi connectivity index (χ1n) is 6.66. The number of aromatic nitrogens is 2. The second kappa shape index (κ2) is 7.93. The standard InChI is InChI=1S/C14H16N4O3S2/c1-8-4-5-9(12(20)21-3)6-10(8)16-11(19)7-22-14-18-17-13(15-2)23-14/h4-6H,7H2,1-3H3,(H,15,17)(H,16,19). The van der Waals surface area contributed by atoms with Crippen LogP contribution in [0.4, 0.5) is 10.8 Å². The first kappa shape index (κ1) is 17.2. The minimum atomic E-state index is -0.441. The highest BCUT2D eigenvalue weighted by Gasteiger charge is 2.12. The van der Waals surface area contributed by atoms with Crippen LogP contribution in [0.3, 0.4) is 0 Å². The van der Waals surface area contributed by atoms with Gasteiger partial charge in [-0.05, 0) is 24.6 Å². The number of esters is 1. The number of hydrogen-bond acceptors (Lipinski definition) is 8. The van der Waals surface area contributed by atoms with Gasteiger partial charge in [-0.1, -0.05) is 29.2 Å². The van der Waals surface area contributed by atoms with Crippen LogP contribution in [0, 0.1) is 6.92 Å². The van der Waals surface area contributed by atoms with Crippen LogP contribution in [0.5, 0.6) is 0 Å². The summed E-state index contributed by atoms with van der Waals surface area (Å²) in [4.78, 5) is 23.6. The number of carbonyl (C=O) groups is 2. The molecule has 1 amide bonds. The van der Waals surface area contributed by atoms with Gasteiger partial charge in [0.05, 0.1) is 18.4 Å². The molecule has 7 nitrogen and oxygen atoms in total. The summed E-state index contributed by atoms with van der Waals surface area (Å²) in [6.07, 6.45) is 0. The van der Waals surface area contributed by atoms with Crippen LogP contribution in [0.1, 0.15) is 15.9 Å². The lowest BCUT2D eigenvalue weighted by Crippen LogP contribution is -2.15. The summed E-state index contributed by atoms with van der Waals surface area (Å²) in [6.45, 7) is 1.85. The third-order valence-corrected chi connectivity index (χ3v) is 4.95. The molecule has 0 radical (unpaired) electrons. The Kier molecular flexibility index (Phi) is 5.94. The molecule has 0 saturated carbocycles. The average molecular weight is 352 g/mol. The molecule has 2 N–H and O–H groups in total. The fourth-order valence-corrected chi connectivity index (χ4v) is 3.19. The van der Waals surface area contributed by atoms with Crippen LogP contribution in [0.25, 0.3) is 0 Å². The van der Waals surface area contributed by atoms with Gasteiger partial charge in [0.25, 0.3) is 0 Å². The number of hydrogen-bond donors (Lipinski definition) is 2. The number of nitrogens with zero attached hydrogens (tertiary/aromatic N) is 2. The van der Waals surface area contributed by atoms with Gasteiger partial charge in [-0.2, -0.15) is 0 Å². The Labute approximate surface area is 141 Å². The van der Waals surface area contributed by atoms with Crippen molar-refractivity contribution >= 4 is 45.8 Å². The summed E-state index contributed by atoms with van der Waals surface area (Å²) < 4.78 is 5.39. The fraction of sp³-hybridized carbons (Fsp3) is 0.286. The summed E-state index contributed by atoms with van der Waals surface area (Å²) in [6, 6.07) is 5.03. The smallest absolute Gasteiger partial charge is 0.337 e. The van der Waals surface area contributed by atoms with Crippen LogP contribution in [-0.4, -0.2) is 42.0 Å². The molecule has 23 heavy (non-hydrogen) atoms. The normalized spacial score (nSPS) is 10.2. The topological polar surface area (TPSA) is 93.2 Å². The van der Waals surface area contributed by atoms with Crippen molar-refractivity contribution in [2.45, 2.75) is 11.3 Å². The number of carbonyl (C=O) groups excluding carboxylic acids is 2. The van der Waals surface area contributed by atoms with Crippen LogP contribution in [0.15, 0.2) is 22.5 Å². The molecule has 0 aliphatic carbocycles. The largest absolute Gasteiger partial charge is 0.465 e. The Hall–Kier alpha value is -2.13. The van der Waals surface area contributed by atoms with Gasteiger partial charge >= 0.3 is 5.97 Å². The molecule has 9 heteroatoms. The predicted octanol–water partition coefficient (Wildman–Crippen LogP) is 2.41. The maximum atomic E-state index is 12.1. The summed E-state index contributed by atoms with van der Waals surface area (Å²) >= 11 is 2.69. The molecule has 1 aromatic heterocycles. The van der Waals surface area contributed by atoms with Gasteiger partial charge in [0.15, 0.2) is 4.34 Å². The molecule has 0 aliphatic heterocycles. The number of thioether (sulfide) groups is 1. The molecule has 0 bridgehead atoms. The highest BCUT2D eigenvalue weighted by atomic mass is 32.2. The zero-order valence-electron chi connectivity index (χ0n) is 12.9. The zero-order valence-corrected chi connectivity index (χ0v) is 14.5. The molecule has 0 spiro atoms. The van der Waals surface area contributed by atoms with E-state index in [9.17, 15) is 9.59 Å². The van der Waals surface area contributed by atoms with Gasteiger partial charge in [-0.15, -0.1) is 10.2 Å². The van der Waals surface area contributed by atoms with Crippen molar-refractivity contribution in [3.05, 3.63) is 29.3 Å². The van der Waals surface area contributed by atoms with E-state index in [-0.39, 0.29) is 11.7 Å². The van der Waals surface area contributed by atoms with Gasteiger partial charge < -0.3 is 15.4 Å². The molecule has 2 rings (SSSR count). The van der Waals surface area contributed by atoms with Gasteiger partial charge in [0.2, 0.25) is 11.0 Å². The third-order valence-electron chi connectivity index (χ3n) is 2.88. The predicted molar refractivity (Wildman–Crippen MR) is 91.3 cm³/mol. The van der Waals surface area contributed by atoms with Crippen molar-refractivity contribution < 1.29 is 14.3 Å². The van der Waals surface area contributed by atoms with E-state index in [1.165, 1.54) is 30.2 Å². The van der Waals surface area contributed by atoms with Gasteiger partial charge in [0.1, 0.15) is 0 Å². The van der Waals surface area contributed by atoms with Gasteiger partial charge in [-0.25, -0.2) is 4.79 Å². The van der Waals surface area contributed by atoms with E-state index in [0.717, 1.165) is 5.56 Å². The summed E-state index contributed by atoms with van der Waals surface area (Å²) in [7, 11) is 3.08. The summed E-state index contributed by atoms with van der Waals surface area (Å²) in [5.74, 6) is -0.412. The second-order valence-electron chi connectivity index (χ2n) is 4.48. The van der Waals surface area contributed by atoms with E-state index in [0.29, 0.717) is 20.7 Å². The van der Waals surface area contributed by atoms with Crippen molar-refractivity contribution in [2.24, 2.45) is 0 Å². The summed E-state index contributed by atoms with van der Waals surface area (Å²) in [5.41, 5.74) is 1.85. The molecule has 0 atom stereocenters. The number of rotatable bonds is 6. The molecule has 0 unspecified atom stereocenters. The van der Waals surface area contributed by atoms with E-state index in [1.807, 2.05) is 6.92 Å². The number of anilines is 2. The van der Waals surface area contributed by atoms with E-state index >= 15 is 0 Å². The van der Waals surface area contributed by atoms with Crippen molar-refractivity contribution in [1.82, 2.24) is 10.2 Å². The number of amides is 1. The molecule has 0 saturated heterocycles. The number of benzene rings is 1. The van der Waals surface area contributed by atoms with Crippen LogP contribution in [0.2, 0.25) is 0 Å². The molecule has 0 fully saturated rings. The fourth-order valence-electron chi connectivity index (χ4n) is 1.68. The highest BCUT2D eigenvalue weighted by Crippen LogP contribution is 2.25. The molecular weight excluding hydrogens is 336 g/mol. The van der Waals surface area contributed by atoms with E-state index < -0.39 is 5.97 Å². The SMILES string of the molecule is CNc1nnc(SCC(=O)Nc2cc(C(=O)OC)ccc2C)s1. The first-order chi connectivity index (χ1) is 11.0. The minimum absolute atomic E-state index is 0.179. The zero-order chi connectivity index (χ0) is 16.8. The lowest BCUT2D eigenvalue weighted by Gasteiger charge is -2.09. The maximum absolute atomic E-state index is 12.1. The summed E-state index contributed by atoms with van der Waals surface area (Å²) in [5, 5.41) is 14.3. The van der Waals surface area contributed by atoms with Crippen molar-refractivity contribution in [3.63, 3.8) is 0 Å². The van der Waals surface area contributed by atoms with Crippen LogP contribution >= 0.6 is 23.1 Å². The quantitative estimate of drug-likeness (QED) is 0.609. The lowest BCUT2D eigenvalue weighted by atomic mass is 10.1. The third kappa shape index (κ3) is 4.67. The van der Waals surface area contributed by atoms with E-state index in [2.05, 4.69) is 25.6 Å². The first-order valence-corrected chi connectivity index (χ1v) is 8.46. The van der Waals surface area contributed by atoms with Gasteiger partial charge in [-0.3, -0.25) is 4.79 Å². The highest BCUT2D eigenvalue weighted by molar-refractivity contribution is 8.01. The number of nitrogens with one attached hydrogen (secondary N) is 2. The maximum Gasteiger partial charge on any atom is 0.337 e. The van der Waals surface area contributed by atoms with Crippen molar-refractivity contribution in [2.75, 3.05) is 30.5 Å². The monoisotopic (exact) mass is 352 g/mol. The Morgan fingerprint density at radius 3 is 2.78 bits per heavy atom.